The topological polar surface area (TPSA) is 82.3 Å². The highest BCUT2D eigenvalue weighted by atomic mass is 32.1. The fourth-order valence-corrected chi connectivity index (χ4v) is 6.36. The fourth-order valence-electron chi connectivity index (χ4n) is 5.59. The van der Waals surface area contributed by atoms with E-state index in [2.05, 4.69) is 44.2 Å². The van der Waals surface area contributed by atoms with E-state index in [1.807, 2.05) is 48.8 Å². The van der Waals surface area contributed by atoms with Crippen molar-refractivity contribution in [3.63, 3.8) is 0 Å². The Balaban J connectivity index is 1.22. The molecule has 194 valence electrons. The highest BCUT2D eigenvalue weighted by molar-refractivity contribution is 7.14. The monoisotopic (exact) mass is 534 g/mol. The van der Waals surface area contributed by atoms with E-state index in [1.54, 1.807) is 0 Å². The Hall–Kier alpha value is -4.30. The molecule has 6 aromatic rings. The molecular weight excluding hydrogens is 507 g/mol. The largest absolute Gasteiger partial charge is 0.358 e. The highest BCUT2D eigenvalue weighted by Gasteiger charge is 2.18. The molecule has 0 aliphatic heterocycles. The number of thiophene rings is 1. The van der Waals surface area contributed by atoms with E-state index < -0.39 is 0 Å². The number of nitrogens with zero attached hydrogens (tertiary/aromatic N) is 3. The summed E-state index contributed by atoms with van der Waals surface area (Å²) in [5.74, 6) is 0.515. The molecule has 8 heteroatoms. The van der Waals surface area contributed by atoms with Crippen molar-refractivity contribution < 1.29 is 4.39 Å². The van der Waals surface area contributed by atoms with Gasteiger partial charge in [-0.05, 0) is 61.2 Å². The van der Waals surface area contributed by atoms with Crippen LogP contribution >= 0.6 is 11.3 Å². The van der Waals surface area contributed by atoms with Crippen molar-refractivity contribution in [1.82, 2.24) is 25.1 Å². The predicted molar refractivity (Wildman–Crippen MR) is 157 cm³/mol. The van der Waals surface area contributed by atoms with Gasteiger partial charge in [-0.2, -0.15) is 9.49 Å². The molecule has 5 aromatic heterocycles. The summed E-state index contributed by atoms with van der Waals surface area (Å²) >= 11 is 1.15. The number of allylic oxidation sites excluding steroid dienone is 1. The average molecular weight is 535 g/mol. The van der Waals surface area contributed by atoms with Gasteiger partial charge >= 0.3 is 0 Å². The number of aromatic amines is 2. The van der Waals surface area contributed by atoms with Crippen LogP contribution in [0, 0.1) is 11.0 Å². The molecule has 3 N–H and O–H groups in total. The van der Waals surface area contributed by atoms with Crippen LogP contribution in [0.2, 0.25) is 0 Å². The summed E-state index contributed by atoms with van der Waals surface area (Å²) in [6.45, 7) is 4.31. The third-order valence-corrected chi connectivity index (χ3v) is 8.51. The van der Waals surface area contributed by atoms with Crippen molar-refractivity contribution in [2.75, 3.05) is 5.32 Å². The Morgan fingerprint density at radius 3 is 2.74 bits per heavy atom. The molecule has 1 fully saturated rings. The van der Waals surface area contributed by atoms with Gasteiger partial charge in [0.1, 0.15) is 11.2 Å². The molecule has 1 saturated carbocycles. The van der Waals surface area contributed by atoms with E-state index in [-0.39, 0.29) is 5.13 Å². The number of benzene rings is 1. The minimum Gasteiger partial charge on any atom is -0.358 e. The normalized spacial score (nSPS) is 14.3. The number of rotatable bonds is 6. The number of pyridine rings is 2. The van der Waals surface area contributed by atoms with Gasteiger partial charge in [0, 0.05) is 38.8 Å². The van der Waals surface area contributed by atoms with Crippen molar-refractivity contribution in [3.8, 4) is 33.1 Å². The third kappa shape index (κ3) is 4.51. The van der Waals surface area contributed by atoms with Gasteiger partial charge < -0.3 is 10.3 Å². The minimum absolute atomic E-state index is 0.195. The van der Waals surface area contributed by atoms with E-state index in [4.69, 9.17) is 4.98 Å². The van der Waals surface area contributed by atoms with E-state index in [0.29, 0.717) is 5.92 Å². The van der Waals surface area contributed by atoms with Crippen LogP contribution in [0.1, 0.15) is 32.1 Å². The number of hydrogen-bond acceptors (Lipinski definition) is 5. The van der Waals surface area contributed by atoms with E-state index >= 15 is 0 Å². The summed E-state index contributed by atoms with van der Waals surface area (Å²) < 4.78 is 13.7. The lowest BCUT2D eigenvalue weighted by Gasteiger charge is -2.24. The summed E-state index contributed by atoms with van der Waals surface area (Å²) in [6, 6.07) is 17.5. The molecule has 5 heterocycles. The molecule has 0 unspecified atom stereocenters. The number of aromatic nitrogens is 5. The second-order valence-corrected chi connectivity index (χ2v) is 11.2. The Kier molecular flexibility index (Phi) is 5.97. The number of nitrogens with one attached hydrogen (secondary N) is 3. The lowest BCUT2D eigenvalue weighted by molar-refractivity contribution is 0.405. The first-order valence-electron chi connectivity index (χ1n) is 13.3. The summed E-state index contributed by atoms with van der Waals surface area (Å²) in [6.07, 6.45) is 9.91. The molecule has 0 amide bonds. The predicted octanol–water partition coefficient (Wildman–Crippen LogP) is 8.54. The maximum Gasteiger partial charge on any atom is 0.176 e. The summed E-state index contributed by atoms with van der Waals surface area (Å²) in [7, 11) is 0. The zero-order valence-electron chi connectivity index (χ0n) is 21.3. The summed E-state index contributed by atoms with van der Waals surface area (Å²) in [5.41, 5.74) is 8.88. The quantitative estimate of drug-likeness (QED) is 0.200. The number of anilines is 1. The van der Waals surface area contributed by atoms with Crippen molar-refractivity contribution in [2.24, 2.45) is 5.92 Å². The first-order chi connectivity index (χ1) is 19.1. The van der Waals surface area contributed by atoms with E-state index in [1.165, 1.54) is 38.2 Å². The van der Waals surface area contributed by atoms with Gasteiger partial charge in [0.25, 0.3) is 0 Å². The second kappa shape index (κ2) is 9.78. The molecule has 1 aromatic carbocycles. The molecule has 6 nitrogen and oxygen atoms in total. The zero-order valence-corrected chi connectivity index (χ0v) is 22.1. The number of halogens is 1. The second-order valence-electron chi connectivity index (χ2n) is 10.2. The van der Waals surface area contributed by atoms with Crippen LogP contribution in [0.25, 0.3) is 55.0 Å². The first kappa shape index (κ1) is 23.8. The van der Waals surface area contributed by atoms with Crippen LogP contribution in [-0.2, 0) is 0 Å². The SMILES string of the molecule is C=C(Nc1cncc(-c2ccc3[nH]nc(-c4cc5c(-c6ccc(F)s6)cccc5[nH]4)c3n2)c1)C1CCCCC1. The van der Waals surface area contributed by atoms with Crippen LogP contribution < -0.4 is 5.32 Å². The molecule has 7 rings (SSSR count). The van der Waals surface area contributed by atoms with Crippen molar-refractivity contribution >= 4 is 39.0 Å². The van der Waals surface area contributed by atoms with Crippen LogP contribution in [0.15, 0.2) is 79.3 Å². The van der Waals surface area contributed by atoms with Crippen LogP contribution in [0.4, 0.5) is 10.1 Å². The highest BCUT2D eigenvalue weighted by Crippen LogP contribution is 2.37. The minimum atomic E-state index is -0.195. The van der Waals surface area contributed by atoms with E-state index in [0.717, 1.165) is 77.7 Å². The smallest absolute Gasteiger partial charge is 0.176 e. The van der Waals surface area contributed by atoms with Gasteiger partial charge in [0.15, 0.2) is 5.13 Å². The van der Waals surface area contributed by atoms with Gasteiger partial charge in [-0.1, -0.05) is 38.0 Å². The number of fused-ring (bicyclic) bond motifs is 2. The Bertz CT molecular complexity index is 1820. The lowest BCUT2D eigenvalue weighted by Crippen LogP contribution is -2.14. The van der Waals surface area contributed by atoms with Crippen molar-refractivity contribution in [3.05, 3.63) is 84.4 Å². The molecule has 0 radical (unpaired) electrons. The standard InChI is InChI=1S/C31H27FN6S/c1-18(19-6-3-2-4-7-19)34-21-14-20(16-33-17-21)24-10-11-26-30(36-24)31(38-37-26)27-15-23-22(8-5-9-25(23)35-27)28-12-13-29(32)39-28/h5,8-17,19,34-35H,1-4,6-7H2,(H,37,38). The molecule has 0 saturated heterocycles. The fraction of sp³-hybridized carbons (Fsp3) is 0.194. The van der Waals surface area contributed by atoms with Crippen LogP contribution in [-0.4, -0.2) is 25.1 Å². The van der Waals surface area contributed by atoms with Crippen LogP contribution in [0.5, 0.6) is 0 Å². The summed E-state index contributed by atoms with van der Waals surface area (Å²) in [5, 5.41) is 12.0. The Morgan fingerprint density at radius 1 is 1.00 bits per heavy atom. The third-order valence-electron chi connectivity index (χ3n) is 7.60. The zero-order chi connectivity index (χ0) is 26.3. The van der Waals surface area contributed by atoms with Gasteiger partial charge in [-0.3, -0.25) is 10.1 Å². The maximum atomic E-state index is 13.7. The number of H-pyrrole nitrogens is 2. The summed E-state index contributed by atoms with van der Waals surface area (Å²) in [4.78, 5) is 13.8. The van der Waals surface area contributed by atoms with Gasteiger partial charge in [-0.25, -0.2) is 4.98 Å². The number of hydrogen-bond donors (Lipinski definition) is 3. The van der Waals surface area contributed by atoms with Crippen molar-refractivity contribution in [1.29, 1.82) is 0 Å². The van der Waals surface area contributed by atoms with Crippen LogP contribution in [0.3, 0.4) is 0 Å². The molecular formula is C31H27FN6S. The molecule has 0 spiro atoms. The van der Waals surface area contributed by atoms with Gasteiger partial charge in [-0.15, -0.1) is 11.3 Å². The molecule has 1 aliphatic carbocycles. The first-order valence-corrected chi connectivity index (χ1v) is 14.1. The van der Waals surface area contributed by atoms with Crippen molar-refractivity contribution in [2.45, 2.75) is 32.1 Å². The molecule has 0 atom stereocenters. The van der Waals surface area contributed by atoms with E-state index in [9.17, 15) is 4.39 Å². The maximum absolute atomic E-state index is 13.7. The molecule has 0 bridgehead atoms. The van der Waals surface area contributed by atoms with Gasteiger partial charge in [0.05, 0.1) is 28.8 Å². The molecule has 39 heavy (non-hydrogen) atoms. The average Bonchev–Trinajstić information content (AvgIpc) is 3.71. The Labute approximate surface area is 229 Å². The Morgan fingerprint density at radius 2 is 1.90 bits per heavy atom. The lowest BCUT2D eigenvalue weighted by atomic mass is 9.87. The molecule has 1 aliphatic rings. The van der Waals surface area contributed by atoms with Gasteiger partial charge in [0.2, 0.25) is 0 Å².